The molecular weight excluding hydrogens is 214 g/mol. The van der Waals surface area contributed by atoms with Crippen molar-refractivity contribution in [1.29, 1.82) is 0 Å². The van der Waals surface area contributed by atoms with Crippen LogP contribution in [0.4, 0.5) is 0 Å². The van der Waals surface area contributed by atoms with Gasteiger partial charge in [0.1, 0.15) is 6.61 Å². The van der Waals surface area contributed by atoms with Crippen LogP contribution in [0, 0.1) is 5.92 Å². The number of hydrogen-bond donors (Lipinski definition) is 0. The summed E-state index contributed by atoms with van der Waals surface area (Å²) in [6.45, 7) is 11.8. The minimum Gasteiger partial charge on any atom is -0.464 e. The van der Waals surface area contributed by atoms with Crippen LogP contribution in [0.1, 0.15) is 53.4 Å². The number of esters is 1. The lowest BCUT2D eigenvalue weighted by Gasteiger charge is -2.18. The highest BCUT2D eigenvalue weighted by Crippen LogP contribution is 2.10. The van der Waals surface area contributed by atoms with E-state index in [1.807, 2.05) is 6.92 Å². The second-order valence-electron chi connectivity index (χ2n) is 4.59. The molecule has 0 N–H and O–H groups in total. The van der Waals surface area contributed by atoms with Crippen LogP contribution in [0.5, 0.6) is 0 Å². The predicted octanol–water partition coefficient (Wildman–Crippen LogP) is 3.09. The van der Waals surface area contributed by atoms with Crippen molar-refractivity contribution in [2.24, 2.45) is 5.92 Å². The number of ether oxygens (including phenoxy) is 1. The summed E-state index contributed by atoms with van der Waals surface area (Å²) < 4.78 is 5.29. The summed E-state index contributed by atoms with van der Waals surface area (Å²) >= 11 is 0. The fraction of sp³-hybridized carbons (Fsp3) is 0.929. The van der Waals surface area contributed by atoms with E-state index in [0.29, 0.717) is 6.61 Å². The molecule has 0 bridgehead atoms. The van der Waals surface area contributed by atoms with Crippen molar-refractivity contribution in [2.45, 2.75) is 53.4 Å². The molecule has 1 unspecified atom stereocenters. The summed E-state index contributed by atoms with van der Waals surface area (Å²) in [5.74, 6) is 0.0199. The van der Waals surface area contributed by atoms with Crippen LogP contribution in [0.25, 0.3) is 0 Å². The number of likely N-dealkylation sites (N-methyl/N-ethyl adjacent to an activating group) is 1. The van der Waals surface area contributed by atoms with Crippen molar-refractivity contribution in [3.63, 3.8) is 0 Å². The van der Waals surface area contributed by atoms with E-state index < -0.39 is 0 Å². The molecule has 0 aromatic rings. The van der Waals surface area contributed by atoms with Gasteiger partial charge in [0.25, 0.3) is 0 Å². The average molecular weight is 243 g/mol. The molecule has 1 atom stereocenters. The maximum Gasteiger partial charge on any atom is 0.308 e. The summed E-state index contributed by atoms with van der Waals surface area (Å²) in [6.07, 6.45) is 4.49. The molecule has 0 aromatic heterocycles. The summed E-state index contributed by atoms with van der Waals surface area (Å²) in [7, 11) is 0. The zero-order valence-electron chi connectivity index (χ0n) is 12.0. The smallest absolute Gasteiger partial charge is 0.308 e. The van der Waals surface area contributed by atoms with Gasteiger partial charge in [-0.05, 0) is 19.5 Å². The summed E-state index contributed by atoms with van der Waals surface area (Å²) in [5.41, 5.74) is 0. The van der Waals surface area contributed by atoms with Gasteiger partial charge >= 0.3 is 5.97 Å². The highest BCUT2D eigenvalue weighted by Gasteiger charge is 2.13. The third-order valence-electron chi connectivity index (χ3n) is 3.19. The number of nitrogens with zero attached hydrogens (tertiary/aromatic N) is 1. The van der Waals surface area contributed by atoms with Crippen LogP contribution in [0.15, 0.2) is 0 Å². The van der Waals surface area contributed by atoms with Gasteiger partial charge in [0.15, 0.2) is 0 Å². The molecular formula is C14H29NO2. The molecule has 0 heterocycles. The van der Waals surface area contributed by atoms with Crippen molar-refractivity contribution >= 4 is 5.97 Å². The first kappa shape index (κ1) is 16.4. The Labute approximate surface area is 107 Å². The Morgan fingerprint density at radius 1 is 1.18 bits per heavy atom. The Morgan fingerprint density at radius 2 is 1.82 bits per heavy atom. The van der Waals surface area contributed by atoms with E-state index in [1.165, 1.54) is 12.8 Å². The van der Waals surface area contributed by atoms with Gasteiger partial charge in [0.2, 0.25) is 0 Å². The molecule has 102 valence electrons. The van der Waals surface area contributed by atoms with E-state index in [4.69, 9.17) is 4.74 Å². The third kappa shape index (κ3) is 8.19. The van der Waals surface area contributed by atoms with Crippen molar-refractivity contribution < 1.29 is 9.53 Å². The van der Waals surface area contributed by atoms with E-state index in [0.717, 1.165) is 32.5 Å². The lowest BCUT2D eigenvalue weighted by molar-refractivity contribution is -0.148. The van der Waals surface area contributed by atoms with Crippen molar-refractivity contribution in [2.75, 3.05) is 26.2 Å². The summed E-state index contributed by atoms with van der Waals surface area (Å²) in [6, 6.07) is 0. The number of unbranched alkanes of at least 4 members (excludes halogenated alkanes) is 2. The van der Waals surface area contributed by atoms with Gasteiger partial charge in [-0.2, -0.15) is 0 Å². The summed E-state index contributed by atoms with van der Waals surface area (Å²) in [4.78, 5) is 13.9. The van der Waals surface area contributed by atoms with Gasteiger partial charge in [0.05, 0.1) is 5.92 Å². The maximum absolute atomic E-state index is 11.7. The van der Waals surface area contributed by atoms with Gasteiger partial charge in [0, 0.05) is 6.54 Å². The van der Waals surface area contributed by atoms with E-state index in [2.05, 4.69) is 25.7 Å². The normalized spacial score (nSPS) is 12.8. The van der Waals surface area contributed by atoms with Gasteiger partial charge in [-0.15, -0.1) is 0 Å². The standard InChI is InChI=1S/C14H29NO2/c1-5-8-9-10-13(4)14(16)17-12-11-15(6-2)7-3/h13H,5-12H2,1-4H3. The second-order valence-corrected chi connectivity index (χ2v) is 4.59. The predicted molar refractivity (Wildman–Crippen MR) is 72.1 cm³/mol. The number of carbonyl (C=O) groups excluding carboxylic acids is 1. The zero-order chi connectivity index (χ0) is 13.1. The SMILES string of the molecule is CCCCCC(C)C(=O)OCCN(CC)CC. The van der Waals surface area contributed by atoms with E-state index >= 15 is 0 Å². The van der Waals surface area contributed by atoms with Crippen LogP contribution in [-0.2, 0) is 9.53 Å². The minimum absolute atomic E-state index is 0.0340. The molecule has 0 saturated carbocycles. The molecule has 0 spiro atoms. The lowest BCUT2D eigenvalue weighted by atomic mass is 10.0. The summed E-state index contributed by atoms with van der Waals surface area (Å²) in [5, 5.41) is 0. The molecule has 17 heavy (non-hydrogen) atoms. The van der Waals surface area contributed by atoms with E-state index in [9.17, 15) is 4.79 Å². The molecule has 0 aliphatic rings. The lowest BCUT2D eigenvalue weighted by Crippen LogP contribution is -2.28. The number of hydrogen-bond acceptors (Lipinski definition) is 3. The van der Waals surface area contributed by atoms with Crippen LogP contribution < -0.4 is 0 Å². The van der Waals surface area contributed by atoms with Crippen molar-refractivity contribution in [3.8, 4) is 0 Å². The van der Waals surface area contributed by atoms with E-state index in [-0.39, 0.29) is 11.9 Å². The topological polar surface area (TPSA) is 29.5 Å². The monoisotopic (exact) mass is 243 g/mol. The number of rotatable bonds is 10. The molecule has 0 fully saturated rings. The van der Waals surface area contributed by atoms with Gasteiger partial charge in [-0.1, -0.05) is 47.0 Å². The number of carbonyl (C=O) groups is 1. The largest absolute Gasteiger partial charge is 0.464 e. The zero-order valence-corrected chi connectivity index (χ0v) is 12.0. The Balaban J connectivity index is 3.63. The first-order chi connectivity index (χ1) is 8.15. The highest BCUT2D eigenvalue weighted by molar-refractivity contribution is 5.71. The molecule has 0 saturated heterocycles. The maximum atomic E-state index is 11.7. The van der Waals surface area contributed by atoms with Crippen LogP contribution >= 0.6 is 0 Å². The molecule has 0 aromatic carbocycles. The molecule has 0 radical (unpaired) electrons. The highest BCUT2D eigenvalue weighted by atomic mass is 16.5. The van der Waals surface area contributed by atoms with Gasteiger partial charge in [-0.3, -0.25) is 4.79 Å². The van der Waals surface area contributed by atoms with Gasteiger partial charge < -0.3 is 9.64 Å². The third-order valence-corrected chi connectivity index (χ3v) is 3.19. The van der Waals surface area contributed by atoms with Gasteiger partial charge in [-0.25, -0.2) is 0 Å². The van der Waals surface area contributed by atoms with Crippen molar-refractivity contribution in [1.82, 2.24) is 4.90 Å². The first-order valence-corrected chi connectivity index (χ1v) is 7.04. The quantitative estimate of drug-likeness (QED) is 0.436. The first-order valence-electron chi connectivity index (χ1n) is 7.04. The van der Waals surface area contributed by atoms with Crippen LogP contribution in [0.2, 0.25) is 0 Å². The molecule has 0 aliphatic heterocycles. The molecule has 3 heteroatoms. The second kappa shape index (κ2) is 10.6. The molecule has 0 aliphatic carbocycles. The Bertz CT molecular complexity index is 191. The minimum atomic E-state index is -0.0340. The molecule has 0 amide bonds. The van der Waals surface area contributed by atoms with Crippen LogP contribution in [-0.4, -0.2) is 37.1 Å². The van der Waals surface area contributed by atoms with Crippen molar-refractivity contribution in [3.05, 3.63) is 0 Å². The average Bonchev–Trinajstić information content (AvgIpc) is 2.34. The molecule has 3 nitrogen and oxygen atoms in total. The van der Waals surface area contributed by atoms with Crippen LogP contribution in [0.3, 0.4) is 0 Å². The Kier molecular flexibility index (Phi) is 10.2. The fourth-order valence-corrected chi connectivity index (χ4v) is 1.78. The molecule has 0 rings (SSSR count). The fourth-order valence-electron chi connectivity index (χ4n) is 1.78. The van der Waals surface area contributed by atoms with E-state index in [1.54, 1.807) is 0 Å². The Hall–Kier alpha value is -0.570. The Morgan fingerprint density at radius 3 is 2.35 bits per heavy atom.